The summed E-state index contributed by atoms with van der Waals surface area (Å²) in [4.78, 5) is 12.1. The van der Waals surface area contributed by atoms with Crippen LogP contribution in [0.25, 0.3) is 0 Å². The second-order valence-corrected chi connectivity index (χ2v) is 5.90. The van der Waals surface area contributed by atoms with Gasteiger partial charge in [-0.3, -0.25) is 4.79 Å². The van der Waals surface area contributed by atoms with Crippen LogP contribution >= 0.6 is 0 Å². The highest BCUT2D eigenvalue weighted by molar-refractivity contribution is 7.94. The summed E-state index contributed by atoms with van der Waals surface area (Å²) in [5, 5.41) is 0. The summed E-state index contributed by atoms with van der Waals surface area (Å²) in [6.45, 7) is 3.65. The fourth-order valence-electron chi connectivity index (χ4n) is 1.61. The van der Waals surface area contributed by atoms with Crippen LogP contribution < -0.4 is 10.3 Å². The van der Waals surface area contributed by atoms with Crippen LogP contribution in [-0.2, 0) is 10.0 Å². The molecule has 1 heterocycles. The van der Waals surface area contributed by atoms with Gasteiger partial charge in [-0.25, -0.2) is 12.4 Å². The lowest BCUT2D eigenvalue weighted by Crippen LogP contribution is -2.28. The molecule has 0 aromatic carbocycles. The first-order valence-electron chi connectivity index (χ1n) is 6.49. The van der Waals surface area contributed by atoms with Gasteiger partial charge in [0.15, 0.2) is 5.75 Å². The van der Waals surface area contributed by atoms with Gasteiger partial charge in [-0.15, -0.1) is 0 Å². The molecule has 5 nitrogen and oxygen atoms in total. The highest BCUT2D eigenvalue weighted by Gasteiger charge is 2.20. The van der Waals surface area contributed by atoms with E-state index < -0.39 is 15.6 Å². The molecule has 0 atom stereocenters. The van der Waals surface area contributed by atoms with Gasteiger partial charge in [0, 0.05) is 6.20 Å². The summed E-state index contributed by atoms with van der Waals surface area (Å²) < 4.78 is 30.7. The van der Waals surface area contributed by atoms with E-state index in [4.69, 9.17) is 4.74 Å². The summed E-state index contributed by atoms with van der Waals surface area (Å²) >= 11 is 0. The van der Waals surface area contributed by atoms with Crippen molar-refractivity contribution in [2.75, 3.05) is 7.11 Å². The largest absolute Gasteiger partial charge is 0.491 e. The van der Waals surface area contributed by atoms with Gasteiger partial charge in [0.2, 0.25) is 0 Å². The highest BCUT2D eigenvalue weighted by Crippen LogP contribution is 2.13. The van der Waals surface area contributed by atoms with Gasteiger partial charge < -0.3 is 4.74 Å². The predicted octanol–water partition coefficient (Wildman–Crippen LogP) is 2.46. The normalized spacial score (nSPS) is 13.2. The number of hydrogen-bond donors (Lipinski definition) is 0. The van der Waals surface area contributed by atoms with Crippen molar-refractivity contribution in [3.05, 3.63) is 64.0 Å². The Morgan fingerprint density at radius 2 is 2.14 bits per heavy atom. The first-order chi connectivity index (χ1) is 9.98. The second kappa shape index (κ2) is 7.64. The molecule has 21 heavy (non-hydrogen) atoms. The molecule has 1 aromatic rings. The van der Waals surface area contributed by atoms with Gasteiger partial charge in [-0.2, -0.15) is 0 Å². The molecule has 0 radical (unpaired) electrons. The van der Waals surface area contributed by atoms with E-state index in [1.54, 1.807) is 19.1 Å². The van der Waals surface area contributed by atoms with Crippen molar-refractivity contribution in [2.24, 2.45) is 0 Å². The molecule has 0 aliphatic heterocycles. The van der Waals surface area contributed by atoms with Crippen LogP contribution in [-0.4, -0.2) is 19.5 Å². The van der Waals surface area contributed by atoms with E-state index in [0.29, 0.717) is 3.97 Å². The molecule has 0 aliphatic rings. The molecule has 0 saturated carbocycles. The van der Waals surface area contributed by atoms with Crippen molar-refractivity contribution in [2.45, 2.75) is 20.3 Å². The van der Waals surface area contributed by atoms with Crippen molar-refractivity contribution in [3.8, 4) is 5.75 Å². The van der Waals surface area contributed by atoms with Gasteiger partial charge in [0.1, 0.15) is 0 Å². The molecule has 0 N–H and O–H groups in total. The van der Waals surface area contributed by atoms with Crippen molar-refractivity contribution < 1.29 is 13.2 Å². The van der Waals surface area contributed by atoms with E-state index in [-0.39, 0.29) is 10.7 Å². The maximum absolute atomic E-state index is 12.6. The lowest BCUT2D eigenvalue weighted by Gasteiger charge is -2.09. The fourth-order valence-corrected chi connectivity index (χ4v) is 2.93. The molecule has 0 unspecified atom stereocenters. The van der Waals surface area contributed by atoms with E-state index in [0.717, 1.165) is 6.42 Å². The number of nitrogens with zero attached hydrogens (tertiary/aromatic N) is 1. The van der Waals surface area contributed by atoms with Gasteiger partial charge in [0.25, 0.3) is 10.0 Å². The predicted molar refractivity (Wildman–Crippen MR) is 83.9 cm³/mol. The minimum Gasteiger partial charge on any atom is -0.491 e. The third-order valence-electron chi connectivity index (χ3n) is 2.62. The third-order valence-corrected chi connectivity index (χ3v) is 4.29. The maximum Gasteiger partial charge on any atom is 0.306 e. The van der Waals surface area contributed by atoms with E-state index in [9.17, 15) is 13.2 Å². The van der Waals surface area contributed by atoms with E-state index in [1.165, 1.54) is 37.6 Å². The minimum atomic E-state index is -3.96. The van der Waals surface area contributed by atoms with Crippen LogP contribution in [0.2, 0.25) is 0 Å². The van der Waals surface area contributed by atoms with Crippen molar-refractivity contribution in [3.63, 3.8) is 0 Å². The SMILES string of the molecule is C\C=C/C(=C\C=C/CC)S(=O)(=O)n1cccc(OC)c1=O. The lowest BCUT2D eigenvalue weighted by atomic mass is 10.3. The minimum absolute atomic E-state index is 0.0231. The standard InChI is InChI=1S/C15H19NO4S/c1-4-6-7-10-13(9-5-2)21(18,19)16-12-8-11-14(20-3)15(16)17/h5-12H,4H2,1-3H3/b7-6-,9-5-,13-10+. The maximum atomic E-state index is 12.6. The van der Waals surface area contributed by atoms with E-state index in [2.05, 4.69) is 0 Å². The molecular weight excluding hydrogens is 290 g/mol. The smallest absolute Gasteiger partial charge is 0.306 e. The molecular formula is C15H19NO4S. The molecule has 1 aromatic heterocycles. The number of aromatic nitrogens is 1. The molecule has 0 saturated heterocycles. The molecule has 0 fully saturated rings. The quantitative estimate of drug-likeness (QED) is 0.757. The Balaban J connectivity index is 3.47. The molecule has 0 amide bonds. The Labute approximate surface area is 124 Å². The monoisotopic (exact) mass is 309 g/mol. The van der Waals surface area contributed by atoms with Crippen molar-refractivity contribution in [1.29, 1.82) is 0 Å². The average Bonchev–Trinajstić information content (AvgIpc) is 2.46. The summed E-state index contributed by atoms with van der Waals surface area (Å²) in [6.07, 6.45) is 9.99. The first-order valence-corrected chi connectivity index (χ1v) is 7.93. The van der Waals surface area contributed by atoms with Crippen LogP contribution in [0.5, 0.6) is 5.75 Å². The Morgan fingerprint density at radius 3 is 2.71 bits per heavy atom. The Morgan fingerprint density at radius 1 is 1.43 bits per heavy atom. The molecule has 0 spiro atoms. The number of hydrogen-bond acceptors (Lipinski definition) is 4. The van der Waals surface area contributed by atoms with Crippen LogP contribution in [0, 0.1) is 0 Å². The summed E-state index contributed by atoms with van der Waals surface area (Å²) in [6, 6.07) is 2.87. The summed E-state index contributed by atoms with van der Waals surface area (Å²) in [5.41, 5.74) is -0.713. The summed E-state index contributed by atoms with van der Waals surface area (Å²) in [7, 11) is -2.64. The zero-order chi connectivity index (χ0) is 15.9. The van der Waals surface area contributed by atoms with E-state index in [1.807, 2.05) is 13.0 Å². The Kier molecular flexibility index (Phi) is 6.17. The molecule has 114 valence electrons. The van der Waals surface area contributed by atoms with E-state index >= 15 is 0 Å². The zero-order valence-electron chi connectivity index (χ0n) is 12.3. The Bertz CT molecular complexity index is 724. The Hall–Kier alpha value is -2.08. The van der Waals surface area contributed by atoms with Crippen LogP contribution in [0.4, 0.5) is 0 Å². The molecule has 1 rings (SSSR count). The van der Waals surface area contributed by atoms with Crippen molar-refractivity contribution >= 4 is 10.0 Å². The number of pyridine rings is 1. The lowest BCUT2D eigenvalue weighted by molar-refractivity contribution is 0.407. The number of ether oxygens (including phenoxy) is 1. The number of rotatable bonds is 6. The fraction of sp³-hybridized carbons (Fsp3) is 0.267. The van der Waals surface area contributed by atoms with Crippen LogP contribution in [0.3, 0.4) is 0 Å². The van der Waals surface area contributed by atoms with Gasteiger partial charge in [-0.05, 0) is 37.6 Å². The number of allylic oxidation sites excluding steroid dienone is 5. The van der Waals surface area contributed by atoms with Crippen molar-refractivity contribution in [1.82, 2.24) is 3.97 Å². The summed E-state index contributed by atoms with van der Waals surface area (Å²) in [5.74, 6) is -0.0231. The van der Waals surface area contributed by atoms with Gasteiger partial charge in [-0.1, -0.05) is 25.2 Å². The third kappa shape index (κ3) is 3.95. The highest BCUT2D eigenvalue weighted by atomic mass is 32.2. The average molecular weight is 309 g/mol. The first kappa shape index (κ1) is 17.0. The van der Waals surface area contributed by atoms with Gasteiger partial charge >= 0.3 is 5.56 Å². The zero-order valence-corrected chi connectivity index (χ0v) is 13.1. The topological polar surface area (TPSA) is 65.4 Å². The number of methoxy groups -OCH3 is 1. The second-order valence-electron chi connectivity index (χ2n) is 4.09. The van der Waals surface area contributed by atoms with Crippen LogP contribution in [0.1, 0.15) is 20.3 Å². The molecule has 0 bridgehead atoms. The van der Waals surface area contributed by atoms with Gasteiger partial charge in [0.05, 0.1) is 12.0 Å². The van der Waals surface area contributed by atoms with Crippen LogP contribution in [0.15, 0.2) is 58.4 Å². The molecule has 0 aliphatic carbocycles. The molecule has 6 heteroatoms.